The van der Waals surface area contributed by atoms with Crippen LogP contribution in [0.4, 0.5) is 11.4 Å². The number of para-hydroxylation sites is 2. The van der Waals surface area contributed by atoms with Crippen molar-refractivity contribution in [2.45, 2.75) is 19.5 Å². The van der Waals surface area contributed by atoms with E-state index in [0.717, 1.165) is 40.4 Å². The van der Waals surface area contributed by atoms with E-state index in [9.17, 15) is 9.90 Å². The monoisotopic (exact) mass is 424 g/mol. The zero-order valence-corrected chi connectivity index (χ0v) is 17.7. The first-order valence-electron chi connectivity index (χ1n) is 10.4. The summed E-state index contributed by atoms with van der Waals surface area (Å²) >= 11 is 0. The molecular formula is C26H24N4O2. The van der Waals surface area contributed by atoms with E-state index in [0.29, 0.717) is 0 Å². The van der Waals surface area contributed by atoms with Gasteiger partial charge in [-0.05, 0) is 36.8 Å². The van der Waals surface area contributed by atoms with E-state index in [1.54, 1.807) is 6.92 Å². The molecule has 3 aromatic carbocycles. The van der Waals surface area contributed by atoms with Gasteiger partial charge in [0.15, 0.2) is 0 Å². The van der Waals surface area contributed by atoms with Gasteiger partial charge in [0.05, 0.1) is 11.4 Å². The van der Waals surface area contributed by atoms with Crippen molar-refractivity contribution >= 4 is 17.3 Å². The van der Waals surface area contributed by atoms with Gasteiger partial charge in [-0.2, -0.15) is 0 Å². The molecule has 4 rings (SSSR count). The summed E-state index contributed by atoms with van der Waals surface area (Å²) < 4.78 is 0. The highest BCUT2D eigenvalue weighted by Gasteiger charge is 2.14. The van der Waals surface area contributed by atoms with Crippen LogP contribution in [0.5, 0.6) is 0 Å². The molecule has 0 bridgehead atoms. The van der Waals surface area contributed by atoms with Crippen LogP contribution in [0.2, 0.25) is 0 Å². The third-order valence-electron chi connectivity index (χ3n) is 5.13. The third-order valence-corrected chi connectivity index (χ3v) is 5.13. The number of hydrogen-bond donors (Lipinski definition) is 3. The molecule has 0 aliphatic rings. The summed E-state index contributed by atoms with van der Waals surface area (Å²) in [6.07, 6.45) is 1.53. The number of hydrogen-bond acceptors (Lipinski definition) is 5. The molecule has 32 heavy (non-hydrogen) atoms. The average molecular weight is 425 g/mol. The van der Waals surface area contributed by atoms with E-state index in [1.807, 2.05) is 72.8 Å². The quantitative estimate of drug-likeness (QED) is 0.355. The molecule has 0 saturated heterocycles. The summed E-state index contributed by atoms with van der Waals surface area (Å²) in [6, 6.07) is 27.1. The van der Waals surface area contributed by atoms with E-state index in [4.69, 9.17) is 0 Å². The fourth-order valence-electron chi connectivity index (χ4n) is 3.34. The molecule has 1 aromatic heterocycles. The number of carbonyl (C=O) groups is 1. The Morgan fingerprint density at radius 1 is 0.906 bits per heavy atom. The van der Waals surface area contributed by atoms with Crippen molar-refractivity contribution in [3.05, 3.63) is 96.8 Å². The molecule has 0 radical (unpaired) electrons. The molecule has 0 aliphatic carbocycles. The molecule has 0 saturated carbocycles. The van der Waals surface area contributed by atoms with Crippen molar-refractivity contribution in [3.8, 4) is 22.5 Å². The summed E-state index contributed by atoms with van der Waals surface area (Å²) in [4.78, 5) is 20.1. The molecule has 4 aromatic rings. The molecule has 3 N–H and O–H groups in total. The molecule has 0 fully saturated rings. The molecule has 6 nitrogen and oxygen atoms in total. The second-order valence-electron chi connectivity index (χ2n) is 7.45. The van der Waals surface area contributed by atoms with Gasteiger partial charge in [-0.15, -0.1) is 0 Å². The number of rotatable bonds is 8. The van der Waals surface area contributed by atoms with Crippen molar-refractivity contribution in [3.63, 3.8) is 0 Å². The highest BCUT2D eigenvalue weighted by molar-refractivity contribution is 5.82. The Kier molecular flexibility index (Phi) is 6.41. The van der Waals surface area contributed by atoms with Crippen LogP contribution < -0.4 is 10.6 Å². The number of nitrogens with one attached hydrogen (secondary N) is 2. The van der Waals surface area contributed by atoms with Gasteiger partial charge >= 0.3 is 5.97 Å². The second kappa shape index (κ2) is 9.75. The van der Waals surface area contributed by atoms with Gasteiger partial charge in [0, 0.05) is 29.0 Å². The van der Waals surface area contributed by atoms with Crippen LogP contribution in [-0.4, -0.2) is 27.1 Å². The van der Waals surface area contributed by atoms with Gasteiger partial charge in [-0.25, -0.2) is 9.97 Å². The largest absolute Gasteiger partial charge is 0.480 e. The molecule has 0 aliphatic heterocycles. The topological polar surface area (TPSA) is 87.1 Å². The SMILES string of the molecule is CC(Nc1ccccc1-c1cc(-c2ccc(CNc3ccccc3)cc2)ncn1)C(=O)O. The lowest BCUT2D eigenvalue weighted by Gasteiger charge is -2.15. The number of carboxylic acid groups (broad SMARTS) is 1. The lowest BCUT2D eigenvalue weighted by atomic mass is 10.0. The lowest BCUT2D eigenvalue weighted by molar-refractivity contribution is -0.137. The summed E-state index contributed by atoms with van der Waals surface area (Å²) in [5.41, 5.74) is 6.32. The Balaban J connectivity index is 1.53. The average Bonchev–Trinajstić information content (AvgIpc) is 2.84. The molecule has 1 atom stereocenters. The predicted octanol–water partition coefficient (Wildman–Crippen LogP) is 5.31. The summed E-state index contributed by atoms with van der Waals surface area (Å²) in [6.45, 7) is 2.35. The number of aromatic nitrogens is 2. The normalized spacial score (nSPS) is 11.5. The fraction of sp³-hybridized carbons (Fsp3) is 0.115. The fourth-order valence-corrected chi connectivity index (χ4v) is 3.34. The van der Waals surface area contributed by atoms with Gasteiger partial charge in [0.2, 0.25) is 0 Å². The van der Waals surface area contributed by atoms with Crippen LogP contribution in [0.25, 0.3) is 22.5 Å². The number of nitrogens with zero attached hydrogens (tertiary/aromatic N) is 2. The van der Waals surface area contributed by atoms with Crippen LogP contribution >= 0.6 is 0 Å². The van der Waals surface area contributed by atoms with Crippen LogP contribution in [0.1, 0.15) is 12.5 Å². The van der Waals surface area contributed by atoms with Crippen molar-refractivity contribution in [1.29, 1.82) is 0 Å². The van der Waals surface area contributed by atoms with E-state index >= 15 is 0 Å². The van der Waals surface area contributed by atoms with Crippen LogP contribution in [0.15, 0.2) is 91.3 Å². The van der Waals surface area contributed by atoms with Gasteiger partial charge < -0.3 is 15.7 Å². The Labute approximate surface area is 187 Å². The van der Waals surface area contributed by atoms with E-state index in [2.05, 4.69) is 32.7 Å². The maximum absolute atomic E-state index is 11.3. The highest BCUT2D eigenvalue weighted by atomic mass is 16.4. The summed E-state index contributed by atoms with van der Waals surface area (Å²) in [5.74, 6) is -0.912. The smallest absolute Gasteiger partial charge is 0.325 e. The zero-order chi connectivity index (χ0) is 22.3. The van der Waals surface area contributed by atoms with Crippen molar-refractivity contribution < 1.29 is 9.90 Å². The van der Waals surface area contributed by atoms with Gasteiger partial charge in [-0.1, -0.05) is 60.7 Å². The van der Waals surface area contributed by atoms with Gasteiger partial charge in [0.25, 0.3) is 0 Å². The van der Waals surface area contributed by atoms with E-state index in [1.165, 1.54) is 11.9 Å². The Bertz CT molecular complexity index is 1190. The maximum atomic E-state index is 11.3. The first-order chi connectivity index (χ1) is 15.6. The molecular weight excluding hydrogens is 400 g/mol. The maximum Gasteiger partial charge on any atom is 0.325 e. The predicted molar refractivity (Wildman–Crippen MR) is 127 cm³/mol. The minimum Gasteiger partial charge on any atom is -0.480 e. The van der Waals surface area contributed by atoms with Crippen LogP contribution in [-0.2, 0) is 11.3 Å². The second-order valence-corrected chi connectivity index (χ2v) is 7.45. The molecule has 1 heterocycles. The number of anilines is 2. The van der Waals surface area contributed by atoms with Gasteiger partial charge in [-0.3, -0.25) is 4.79 Å². The Morgan fingerprint density at radius 2 is 1.59 bits per heavy atom. The van der Waals surface area contributed by atoms with Crippen molar-refractivity contribution in [2.24, 2.45) is 0 Å². The molecule has 1 unspecified atom stereocenters. The molecule has 0 spiro atoms. The lowest BCUT2D eigenvalue weighted by Crippen LogP contribution is -2.25. The minimum absolute atomic E-state index is 0.713. The standard InChI is InChI=1S/C26H24N4O2/c1-18(26(31)32)30-23-10-6-5-9-22(23)25-15-24(28-17-29-25)20-13-11-19(12-14-20)16-27-21-7-3-2-4-8-21/h2-15,17-18,27,30H,16H2,1H3,(H,31,32). The van der Waals surface area contributed by atoms with Gasteiger partial charge in [0.1, 0.15) is 12.4 Å². The summed E-state index contributed by atoms with van der Waals surface area (Å²) in [5, 5.41) is 15.7. The van der Waals surface area contributed by atoms with Crippen molar-refractivity contribution in [2.75, 3.05) is 10.6 Å². The molecule has 0 amide bonds. The summed E-state index contributed by atoms with van der Waals surface area (Å²) in [7, 11) is 0. The Morgan fingerprint density at radius 3 is 2.34 bits per heavy atom. The van der Waals surface area contributed by atoms with Crippen LogP contribution in [0.3, 0.4) is 0 Å². The minimum atomic E-state index is -0.912. The van der Waals surface area contributed by atoms with E-state index < -0.39 is 12.0 Å². The number of aliphatic carboxylic acids is 1. The van der Waals surface area contributed by atoms with E-state index in [-0.39, 0.29) is 0 Å². The molecule has 6 heteroatoms. The van der Waals surface area contributed by atoms with Crippen molar-refractivity contribution in [1.82, 2.24) is 9.97 Å². The zero-order valence-electron chi connectivity index (χ0n) is 17.7. The third kappa shape index (κ3) is 5.10. The number of benzene rings is 3. The Hall–Kier alpha value is -4.19. The molecule has 160 valence electrons. The number of carboxylic acids is 1. The first kappa shape index (κ1) is 21.1. The first-order valence-corrected chi connectivity index (χ1v) is 10.4. The highest BCUT2D eigenvalue weighted by Crippen LogP contribution is 2.29. The van der Waals surface area contributed by atoms with Crippen LogP contribution in [0, 0.1) is 0 Å².